The molecular weight excluding hydrogens is 338 g/mol. The van der Waals surface area contributed by atoms with Crippen LogP contribution in [0, 0.1) is 5.92 Å². The molecule has 134 valence electrons. The van der Waals surface area contributed by atoms with Crippen molar-refractivity contribution in [2.45, 2.75) is 19.4 Å². The number of carbonyl (C=O) groups is 1. The maximum atomic E-state index is 12.6. The van der Waals surface area contributed by atoms with Crippen LogP contribution in [0.25, 0.3) is 10.8 Å². The summed E-state index contributed by atoms with van der Waals surface area (Å²) < 4.78 is 10.9. The molecule has 2 aliphatic rings. The molecule has 0 radical (unpaired) electrons. The van der Waals surface area contributed by atoms with Crippen LogP contribution in [-0.4, -0.2) is 60.1 Å². The summed E-state index contributed by atoms with van der Waals surface area (Å²) in [5, 5.41) is 2.02. The van der Waals surface area contributed by atoms with E-state index in [-0.39, 0.29) is 5.92 Å². The highest BCUT2D eigenvalue weighted by Crippen LogP contribution is 2.25. The van der Waals surface area contributed by atoms with Crippen molar-refractivity contribution < 1.29 is 13.9 Å². The number of oxazole rings is 1. The van der Waals surface area contributed by atoms with Crippen LogP contribution >= 0.6 is 11.3 Å². The Labute approximate surface area is 151 Å². The number of morpholine rings is 1. The summed E-state index contributed by atoms with van der Waals surface area (Å²) in [6.07, 6.45) is 3.59. The Hall–Kier alpha value is -1.70. The average Bonchev–Trinajstić information content (AvgIpc) is 3.34. The third-order valence-corrected chi connectivity index (χ3v) is 5.79. The van der Waals surface area contributed by atoms with E-state index in [0.29, 0.717) is 25.0 Å². The van der Waals surface area contributed by atoms with Gasteiger partial charge in [-0.3, -0.25) is 9.69 Å². The molecular formula is C18H23N3O3S. The van der Waals surface area contributed by atoms with E-state index in [1.807, 2.05) is 22.4 Å². The van der Waals surface area contributed by atoms with Crippen LogP contribution in [0.1, 0.15) is 18.5 Å². The van der Waals surface area contributed by atoms with Crippen molar-refractivity contribution in [3.63, 3.8) is 0 Å². The number of hydrogen-bond donors (Lipinski definition) is 0. The predicted octanol–water partition coefficient (Wildman–Crippen LogP) is 2.47. The summed E-state index contributed by atoms with van der Waals surface area (Å²) in [4.78, 5) is 22.5. The fraction of sp³-hybridized carbons (Fsp3) is 0.556. The summed E-state index contributed by atoms with van der Waals surface area (Å²) in [6.45, 7) is 5.47. The number of likely N-dealkylation sites (tertiary alicyclic amines) is 1. The van der Waals surface area contributed by atoms with Crippen molar-refractivity contribution in [2.24, 2.45) is 5.92 Å². The molecule has 7 heteroatoms. The van der Waals surface area contributed by atoms with E-state index in [1.165, 1.54) is 0 Å². The molecule has 0 unspecified atom stereocenters. The first kappa shape index (κ1) is 16.8. The molecule has 2 fully saturated rings. The van der Waals surface area contributed by atoms with Gasteiger partial charge in [-0.2, -0.15) is 0 Å². The number of amides is 1. The number of nitrogens with zero attached hydrogens (tertiary/aromatic N) is 3. The summed E-state index contributed by atoms with van der Waals surface area (Å²) in [5.74, 6) is 1.17. The van der Waals surface area contributed by atoms with Crippen molar-refractivity contribution in [1.82, 2.24) is 14.8 Å². The summed E-state index contributed by atoms with van der Waals surface area (Å²) >= 11 is 1.63. The van der Waals surface area contributed by atoms with E-state index in [2.05, 4.69) is 9.88 Å². The molecule has 4 heterocycles. The molecule has 0 atom stereocenters. The third kappa shape index (κ3) is 3.94. The van der Waals surface area contributed by atoms with Gasteiger partial charge in [-0.25, -0.2) is 4.98 Å². The Kier molecular flexibility index (Phi) is 5.14. The number of hydrogen-bond acceptors (Lipinski definition) is 6. The van der Waals surface area contributed by atoms with Gasteiger partial charge in [0.2, 0.25) is 11.8 Å². The van der Waals surface area contributed by atoms with Crippen LogP contribution in [0.4, 0.5) is 0 Å². The van der Waals surface area contributed by atoms with Gasteiger partial charge in [-0.1, -0.05) is 6.07 Å². The van der Waals surface area contributed by atoms with Crippen LogP contribution in [0.5, 0.6) is 0 Å². The molecule has 0 aromatic carbocycles. The molecule has 0 saturated carbocycles. The van der Waals surface area contributed by atoms with Crippen molar-refractivity contribution in [3.8, 4) is 10.8 Å². The monoisotopic (exact) mass is 361 g/mol. The van der Waals surface area contributed by atoms with Crippen LogP contribution in [0.2, 0.25) is 0 Å². The molecule has 0 spiro atoms. The summed E-state index contributed by atoms with van der Waals surface area (Å²) in [7, 11) is 0. The van der Waals surface area contributed by atoms with Gasteiger partial charge in [-0.05, 0) is 37.4 Å². The zero-order chi connectivity index (χ0) is 17.1. The van der Waals surface area contributed by atoms with Gasteiger partial charge in [0.25, 0.3) is 0 Å². The third-order valence-electron chi connectivity index (χ3n) is 4.93. The zero-order valence-corrected chi connectivity index (χ0v) is 15.0. The molecule has 2 aromatic rings. The molecule has 0 aliphatic carbocycles. The minimum Gasteiger partial charge on any atom is -0.444 e. The maximum absolute atomic E-state index is 12.6. The van der Waals surface area contributed by atoms with E-state index in [0.717, 1.165) is 56.1 Å². The Morgan fingerprint density at radius 1 is 1.24 bits per heavy atom. The van der Waals surface area contributed by atoms with Crippen molar-refractivity contribution >= 4 is 17.2 Å². The minimum atomic E-state index is 0.160. The molecule has 6 nitrogen and oxygen atoms in total. The number of carbonyl (C=O) groups excluding carboxylic acids is 1. The first-order valence-corrected chi connectivity index (χ1v) is 9.75. The van der Waals surface area contributed by atoms with Gasteiger partial charge in [0.15, 0.2) is 0 Å². The smallest absolute Gasteiger partial charge is 0.236 e. The minimum absolute atomic E-state index is 0.160. The molecule has 1 amide bonds. The number of ether oxygens (including phenoxy) is 1. The van der Waals surface area contributed by atoms with E-state index in [9.17, 15) is 4.79 Å². The Balaban J connectivity index is 1.28. The molecule has 2 aliphatic heterocycles. The van der Waals surface area contributed by atoms with Gasteiger partial charge in [0.05, 0.1) is 23.8 Å². The highest BCUT2D eigenvalue weighted by Gasteiger charge is 2.29. The molecule has 0 bridgehead atoms. The second-order valence-electron chi connectivity index (χ2n) is 6.61. The van der Waals surface area contributed by atoms with E-state index >= 15 is 0 Å². The fourth-order valence-electron chi connectivity index (χ4n) is 3.50. The van der Waals surface area contributed by atoms with E-state index in [1.54, 1.807) is 17.6 Å². The lowest BCUT2D eigenvalue weighted by Crippen LogP contribution is -2.46. The van der Waals surface area contributed by atoms with Crippen LogP contribution < -0.4 is 0 Å². The lowest BCUT2D eigenvalue weighted by molar-refractivity contribution is -0.141. The average molecular weight is 361 g/mol. The fourth-order valence-corrected chi connectivity index (χ4v) is 4.16. The van der Waals surface area contributed by atoms with Gasteiger partial charge >= 0.3 is 0 Å². The van der Waals surface area contributed by atoms with Crippen molar-refractivity contribution in [2.75, 3.05) is 39.4 Å². The van der Waals surface area contributed by atoms with E-state index in [4.69, 9.17) is 9.15 Å². The van der Waals surface area contributed by atoms with Crippen LogP contribution in [0.3, 0.4) is 0 Å². The highest BCUT2D eigenvalue weighted by atomic mass is 32.1. The number of rotatable bonds is 4. The Bertz CT molecular complexity index is 686. The number of piperidine rings is 1. The molecule has 2 saturated heterocycles. The lowest BCUT2D eigenvalue weighted by Gasteiger charge is -2.35. The van der Waals surface area contributed by atoms with Crippen LogP contribution in [-0.2, 0) is 16.1 Å². The maximum Gasteiger partial charge on any atom is 0.236 e. The summed E-state index contributed by atoms with van der Waals surface area (Å²) in [5.41, 5.74) is 0.960. The van der Waals surface area contributed by atoms with Gasteiger partial charge in [0, 0.05) is 25.6 Å². The molecule has 4 rings (SSSR count). The van der Waals surface area contributed by atoms with Crippen LogP contribution in [0.15, 0.2) is 28.2 Å². The first-order chi connectivity index (χ1) is 12.3. The van der Waals surface area contributed by atoms with E-state index < -0.39 is 0 Å². The second-order valence-corrected chi connectivity index (χ2v) is 7.56. The number of thiophene rings is 1. The first-order valence-electron chi connectivity index (χ1n) is 8.87. The molecule has 2 aromatic heterocycles. The zero-order valence-electron chi connectivity index (χ0n) is 14.2. The SMILES string of the molecule is O=C(C1CCN(Cc2coc(-c3cccs3)n2)CC1)N1CCOCC1. The molecule has 25 heavy (non-hydrogen) atoms. The topological polar surface area (TPSA) is 58.8 Å². The van der Waals surface area contributed by atoms with Crippen molar-refractivity contribution in [1.29, 1.82) is 0 Å². The molecule has 0 N–H and O–H groups in total. The second kappa shape index (κ2) is 7.68. The Morgan fingerprint density at radius 2 is 2.04 bits per heavy atom. The lowest BCUT2D eigenvalue weighted by atomic mass is 9.95. The number of aromatic nitrogens is 1. The van der Waals surface area contributed by atoms with Crippen molar-refractivity contribution in [3.05, 3.63) is 29.5 Å². The standard InChI is InChI=1S/C18H23N3O3S/c22-18(21-7-9-23-10-8-21)14-3-5-20(6-4-14)12-15-13-24-17(19-15)16-2-1-11-25-16/h1-2,11,13-14H,3-10,12H2. The largest absolute Gasteiger partial charge is 0.444 e. The Morgan fingerprint density at radius 3 is 2.76 bits per heavy atom. The quantitative estimate of drug-likeness (QED) is 0.837. The van der Waals surface area contributed by atoms with Gasteiger partial charge in [0.1, 0.15) is 6.26 Å². The highest BCUT2D eigenvalue weighted by molar-refractivity contribution is 7.13. The summed E-state index contributed by atoms with van der Waals surface area (Å²) in [6, 6.07) is 4.02. The van der Waals surface area contributed by atoms with Gasteiger partial charge < -0.3 is 14.1 Å². The normalized spacial score (nSPS) is 20.1. The van der Waals surface area contributed by atoms with Gasteiger partial charge in [-0.15, -0.1) is 11.3 Å². The predicted molar refractivity (Wildman–Crippen MR) is 95.2 cm³/mol.